The maximum atomic E-state index is 9.30. The van der Waals surface area contributed by atoms with Crippen molar-refractivity contribution in [3.8, 4) is 5.75 Å². The van der Waals surface area contributed by atoms with Gasteiger partial charge < -0.3 is 10.8 Å². The minimum Gasteiger partial charge on any atom is -0.508 e. The number of nitrogens with two attached hydrogens (primary N) is 1. The molecule has 0 aliphatic carbocycles. The van der Waals surface area contributed by atoms with Crippen LogP contribution in [-0.2, 0) is 12.8 Å². The molecule has 0 unspecified atom stereocenters. The van der Waals surface area contributed by atoms with Crippen LogP contribution in [0, 0.1) is 0 Å². The fraction of sp³-hybridized carbons (Fsp3) is 0.455. The Balaban J connectivity index is 2.89. The lowest BCUT2D eigenvalue weighted by Gasteiger charge is -2.07. The first-order chi connectivity index (χ1) is 6.27. The van der Waals surface area contributed by atoms with Gasteiger partial charge in [-0.05, 0) is 42.6 Å². The summed E-state index contributed by atoms with van der Waals surface area (Å²) in [6.45, 7) is 2.80. The lowest BCUT2D eigenvalue weighted by atomic mass is 10.0. The van der Waals surface area contributed by atoms with Crippen molar-refractivity contribution in [2.45, 2.75) is 26.2 Å². The Morgan fingerprint density at radius 2 is 2.00 bits per heavy atom. The quantitative estimate of drug-likeness (QED) is 0.741. The third-order valence-electron chi connectivity index (χ3n) is 2.12. The third kappa shape index (κ3) is 2.74. The zero-order valence-corrected chi connectivity index (χ0v) is 8.09. The van der Waals surface area contributed by atoms with Gasteiger partial charge in [0.05, 0.1) is 0 Å². The number of hydrogen-bond donors (Lipinski definition) is 2. The third-order valence-corrected chi connectivity index (χ3v) is 2.12. The molecule has 72 valence electrons. The number of rotatable bonds is 4. The molecule has 0 heterocycles. The van der Waals surface area contributed by atoms with Crippen molar-refractivity contribution in [3.63, 3.8) is 0 Å². The number of benzene rings is 1. The molecule has 0 radical (unpaired) electrons. The summed E-state index contributed by atoms with van der Waals surface area (Å²) in [6, 6.07) is 5.53. The second-order valence-electron chi connectivity index (χ2n) is 3.24. The van der Waals surface area contributed by atoms with Gasteiger partial charge in [-0.2, -0.15) is 0 Å². The van der Waals surface area contributed by atoms with Crippen molar-refractivity contribution in [3.05, 3.63) is 29.3 Å². The smallest absolute Gasteiger partial charge is 0.115 e. The first-order valence-electron chi connectivity index (χ1n) is 4.78. The largest absolute Gasteiger partial charge is 0.508 e. The van der Waals surface area contributed by atoms with Crippen LogP contribution in [0.3, 0.4) is 0 Å². The van der Waals surface area contributed by atoms with Crippen LogP contribution in [-0.4, -0.2) is 11.7 Å². The molecule has 0 fully saturated rings. The minimum absolute atomic E-state index is 0.351. The van der Waals surface area contributed by atoms with Crippen LogP contribution in [0.1, 0.15) is 24.5 Å². The monoisotopic (exact) mass is 179 g/mol. The Morgan fingerprint density at radius 3 is 2.62 bits per heavy atom. The van der Waals surface area contributed by atoms with Crippen LogP contribution in [0.15, 0.2) is 18.2 Å². The number of phenols is 1. The van der Waals surface area contributed by atoms with E-state index in [0.29, 0.717) is 12.3 Å². The van der Waals surface area contributed by atoms with Gasteiger partial charge in [-0.1, -0.05) is 19.4 Å². The lowest BCUT2D eigenvalue weighted by Crippen LogP contribution is -2.05. The lowest BCUT2D eigenvalue weighted by molar-refractivity contribution is 0.474. The number of hydrogen-bond acceptors (Lipinski definition) is 2. The summed E-state index contributed by atoms with van der Waals surface area (Å²) in [5, 5.41) is 9.30. The van der Waals surface area contributed by atoms with Gasteiger partial charge in [-0.25, -0.2) is 0 Å². The van der Waals surface area contributed by atoms with Gasteiger partial charge in [0.15, 0.2) is 0 Å². The molecule has 0 bridgehead atoms. The molecule has 2 heteroatoms. The van der Waals surface area contributed by atoms with Gasteiger partial charge in [-0.3, -0.25) is 0 Å². The Labute approximate surface area is 79.4 Å². The van der Waals surface area contributed by atoms with E-state index in [-0.39, 0.29) is 0 Å². The van der Waals surface area contributed by atoms with Crippen LogP contribution >= 0.6 is 0 Å². The molecule has 1 aromatic carbocycles. The summed E-state index contributed by atoms with van der Waals surface area (Å²) in [5.74, 6) is 0.351. The summed E-state index contributed by atoms with van der Waals surface area (Å²) in [4.78, 5) is 0. The number of aromatic hydroxyl groups is 1. The topological polar surface area (TPSA) is 46.2 Å². The molecule has 0 aliphatic rings. The molecular formula is C11H17NO. The second kappa shape index (κ2) is 4.87. The highest BCUT2D eigenvalue weighted by Gasteiger charge is 2.01. The van der Waals surface area contributed by atoms with E-state index < -0.39 is 0 Å². The highest BCUT2D eigenvalue weighted by Crippen LogP contribution is 2.18. The summed E-state index contributed by atoms with van der Waals surface area (Å²) >= 11 is 0. The maximum Gasteiger partial charge on any atom is 0.115 e. The maximum absolute atomic E-state index is 9.30. The van der Waals surface area contributed by atoms with Crippen molar-refractivity contribution in [1.29, 1.82) is 0 Å². The van der Waals surface area contributed by atoms with Crippen LogP contribution < -0.4 is 5.73 Å². The molecule has 0 saturated carbocycles. The Morgan fingerprint density at radius 1 is 1.23 bits per heavy atom. The first-order valence-corrected chi connectivity index (χ1v) is 4.78. The van der Waals surface area contributed by atoms with Crippen molar-refractivity contribution >= 4 is 0 Å². The highest BCUT2D eigenvalue weighted by atomic mass is 16.3. The highest BCUT2D eigenvalue weighted by molar-refractivity contribution is 5.35. The standard InChI is InChI=1S/C11H17NO/c1-2-3-10-8-11(13)5-4-9(10)6-7-12/h4-5,8,13H,2-3,6-7,12H2,1H3. The predicted molar refractivity (Wildman–Crippen MR) is 54.9 cm³/mol. The van der Waals surface area contributed by atoms with E-state index in [2.05, 4.69) is 6.92 Å². The Bertz CT molecular complexity index is 271. The molecule has 13 heavy (non-hydrogen) atoms. The van der Waals surface area contributed by atoms with E-state index >= 15 is 0 Å². The van der Waals surface area contributed by atoms with Crippen LogP contribution in [0.4, 0.5) is 0 Å². The number of phenolic OH excluding ortho intramolecular Hbond substituents is 1. The Kier molecular flexibility index (Phi) is 3.77. The van der Waals surface area contributed by atoms with Crippen molar-refractivity contribution < 1.29 is 5.11 Å². The second-order valence-corrected chi connectivity index (χ2v) is 3.24. The van der Waals surface area contributed by atoms with Gasteiger partial charge in [-0.15, -0.1) is 0 Å². The fourth-order valence-electron chi connectivity index (χ4n) is 1.51. The first kappa shape index (κ1) is 10.1. The average molecular weight is 179 g/mol. The predicted octanol–water partition coefficient (Wildman–Crippen LogP) is 1.85. The molecule has 1 aromatic rings. The van der Waals surface area contributed by atoms with Gasteiger partial charge >= 0.3 is 0 Å². The molecule has 2 nitrogen and oxygen atoms in total. The van der Waals surface area contributed by atoms with Crippen molar-refractivity contribution in [2.24, 2.45) is 5.73 Å². The summed E-state index contributed by atoms with van der Waals surface area (Å²) < 4.78 is 0. The van der Waals surface area contributed by atoms with E-state index in [1.165, 1.54) is 11.1 Å². The molecule has 0 atom stereocenters. The van der Waals surface area contributed by atoms with Crippen LogP contribution in [0.2, 0.25) is 0 Å². The molecular weight excluding hydrogens is 162 g/mol. The van der Waals surface area contributed by atoms with E-state index in [0.717, 1.165) is 19.3 Å². The van der Waals surface area contributed by atoms with E-state index in [1.54, 1.807) is 6.07 Å². The number of aryl methyl sites for hydroxylation is 1. The summed E-state index contributed by atoms with van der Waals surface area (Å²) in [6.07, 6.45) is 3.01. The molecule has 0 amide bonds. The van der Waals surface area contributed by atoms with Gasteiger partial charge in [0.1, 0.15) is 5.75 Å². The van der Waals surface area contributed by atoms with E-state index in [1.807, 2.05) is 12.1 Å². The van der Waals surface area contributed by atoms with E-state index in [4.69, 9.17) is 5.73 Å². The normalized spacial score (nSPS) is 10.3. The van der Waals surface area contributed by atoms with E-state index in [9.17, 15) is 5.11 Å². The van der Waals surface area contributed by atoms with Crippen molar-refractivity contribution in [1.82, 2.24) is 0 Å². The average Bonchev–Trinajstić information content (AvgIpc) is 2.10. The minimum atomic E-state index is 0.351. The molecule has 0 saturated heterocycles. The van der Waals surface area contributed by atoms with Gasteiger partial charge in [0, 0.05) is 0 Å². The van der Waals surface area contributed by atoms with Gasteiger partial charge in [0.2, 0.25) is 0 Å². The van der Waals surface area contributed by atoms with Crippen LogP contribution in [0.5, 0.6) is 5.75 Å². The van der Waals surface area contributed by atoms with Crippen LogP contribution in [0.25, 0.3) is 0 Å². The van der Waals surface area contributed by atoms with Gasteiger partial charge in [0.25, 0.3) is 0 Å². The zero-order valence-electron chi connectivity index (χ0n) is 8.09. The molecule has 0 aliphatic heterocycles. The molecule has 0 aromatic heterocycles. The molecule has 0 spiro atoms. The Hall–Kier alpha value is -1.02. The molecule has 3 N–H and O–H groups in total. The molecule has 1 rings (SSSR count). The SMILES string of the molecule is CCCc1cc(O)ccc1CCN. The summed E-state index contributed by atoms with van der Waals surface area (Å²) in [5.41, 5.74) is 8.00. The summed E-state index contributed by atoms with van der Waals surface area (Å²) in [7, 11) is 0. The zero-order chi connectivity index (χ0) is 9.68. The fourth-order valence-corrected chi connectivity index (χ4v) is 1.51. The van der Waals surface area contributed by atoms with Crippen molar-refractivity contribution in [2.75, 3.05) is 6.54 Å².